The second-order valence-corrected chi connectivity index (χ2v) is 9.78. The number of pyridine rings is 1. The number of amides is 1. The smallest absolute Gasteiger partial charge is 0.274 e. The highest BCUT2D eigenvalue weighted by Crippen LogP contribution is 2.26. The van der Waals surface area contributed by atoms with E-state index in [1.165, 1.54) is 0 Å². The molecule has 1 aliphatic heterocycles. The minimum atomic E-state index is -0.709. The number of aromatic nitrogens is 2. The maximum absolute atomic E-state index is 11.5. The van der Waals surface area contributed by atoms with Crippen molar-refractivity contribution < 1.29 is 15.1 Å². The lowest BCUT2D eigenvalue weighted by Crippen LogP contribution is -2.59. The number of rotatable bonds is 6. The summed E-state index contributed by atoms with van der Waals surface area (Å²) in [6.45, 7) is 11.2. The van der Waals surface area contributed by atoms with Gasteiger partial charge in [-0.15, -0.1) is 0 Å². The summed E-state index contributed by atoms with van der Waals surface area (Å²) in [5.74, 6) is -0.522. The van der Waals surface area contributed by atoms with Gasteiger partial charge in [0.15, 0.2) is 0 Å². The first kappa shape index (κ1) is 23.2. The van der Waals surface area contributed by atoms with Crippen LogP contribution in [-0.4, -0.2) is 68.0 Å². The first-order valence-corrected chi connectivity index (χ1v) is 11.4. The van der Waals surface area contributed by atoms with E-state index in [1.54, 1.807) is 17.6 Å². The minimum absolute atomic E-state index is 0.330. The molecule has 3 aromatic rings. The summed E-state index contributed by atoms with van der Waals surface area (Å²) in [5.41, 5.74) is 4.42. The van der Waals surface area contributed by atoms with E-state index >= 15 is 0 Å². The van der Waals surface area contributed by atoms with Gasteiger partial charge in [-0.2, -0.15) is 0 Å². The first-order chi connectivity index (χ1) is 15.6. The number of hydroxylamine groups is 1. The van der Waals surface area contributed by atoms with E-state index in [0.717, 1.165) is 35.4 Å². The van der Waals surface area contributed by atoms with Crippen LogP contribution in [0.3, 0.4) is 0 Å². The molecule has 0 spiro atoms. The van der Waals surface area contributed by atoms with Gasteiger partial charge in [-0.25, -0.2) is 10.5 Å². The Morgan fingerprint density at radius 3 is 2.42 bits per heavy atom. The number of hydrogen-bond acceptors (Lipinski definition) is 6. The molecule has 176 valence electrons. The fourth-order valence-electron chi connectivity index (χ4n) is 4.72. The van der Waals surface area contributed by atoms with Crippen LogP contribution in [0.25, 0.3) is 11.0 Å². The van der Waals surface area contributed by atoms with Gasteiger partial charge in [0.2, 0.25) is 0 Å². The number of anilines is 1. The molecule has 0 radical (unpaired) electrons. The van der Waals surface area contributed by atoms with Crippen molar-refractivity contribution in [2.75, 3.05) is 24.5 Å². The Labute approximate surface area is 194 Å². The maximum Gasteiger partial charge on any atom is 0.274 e. The van der Waals surface area contributed by atoms with Gasteiger partial charge in [0.1, 0.15) is 5.65 Å². The topological polar surface area (TPSA) is 93.9 Å². The lowest BCUT2D eigenvalue weighted by Gasteiger charge is -2.47. The van der Waals surface area contributed by atoms with Crippen LogP contribution in [0.1, 0.15) is 43.6 Å². The van der Waals surface area contributed by atoms with Crippen LogP contribution < -0.4 is 10.4 Å². The molecule has 2 aromatic heterocycles. The Kier molecular flexibility index (Phi) is 6.43. The minimum Gasteiger partial charge on any atom is -0.389 e. The molecule has 0 aliphatic carbocycles. The fourth-order valence-corrected chi connectivity index (χ4v) is 4.72. The summed E-state index contributed by atoms with van der Waals surface area (Å²) in [6.07, 6.45) is 3.97. The van der Waals surface area contributed by atoms with Crippen molar-refractivity contribution in [3.8, 4) is 0 Å². The molecular weight excluding hydrogens is 418 g/mol. The number of nitrogens with zero attached hydrogens (tertiary/aromatic N) is 4. The molecule has 4 rings (SSSR count). The average Bonchev–Trinajstić information content (AvgIpc) is 3.17. The van der Waals surface area contributed by atoms with Crippen molar-refractivity contribution in [3.05, 3.63) is 59.9 Å². The lowest BCUT2D eigenvalue weighted by atomic mass is 10.0. The van der Waals surface area contributed by atoms with Crippen molar-refractivity contribution in [1.82, 2.24) is 19.9 Å². The van der Waals surface area contributed by atoms with Crippen LogP contribution in [0, 0.1) is 0 Å². The summed E-state index contributed by atoms with van der Waals surface area (Å²) < 4.78 is 2.09. The highest BCUT2D eigenvalue weighted by Gasteiger charge is 2.32. The van der Waals surface area contributed by atoms with E-state index in [4.69, 9.17) is 10.2 Å². The zero-order valence-corrected chi connectivity index (χ0v) is 19.7. The largest absolute Gasteiger partial charge is 0.389 e. The number of β-amino-alcohol motifs (C(OH)–C–C–N with tert-alkyl or cyclic N) is 1. The Balaban J connectivity index is 1.48. The summed E-state index contributed by atoms with van der Waals surface area (Å²) >= 11 is 0. The van der Waals surface area contributed by atoms with E-state index in [0.29, 0.717) is 30.7 Å². The van der Waals surface area contributed by atoms with E-state index in [-0.39, 0.29) is 0 Å². The molecular formula is C25H33N5O3. The number of piperazine rings is 1. The molecule has 1 fully saturated rings. The van der Waals surface area contributed by atoms with E-state index in [1.807, 2.05) is 38.4 Å². The normalized spacial score (nSPS) is 19.8. The van der Waals surface area contributed by atoms with Crippen molar-refractivity contribution in [2.24, 2.45) is 0 Å². The van der Waals surface area contributed by atoms with Gasteiger partial charge in [0.25, 0.3) is 5.91 Å². The van der Waals surface area contributed by atoms with Gasteiger partial charge in [-0.1, -0.05) is 12.1 Å². The molecule has 0 saturated carbocycles. The summed E-state index contributed by atoms with van der Waals surface area (Å²) in [6, 6.07) is 12.1. The Bertz CT molecular complexity index is 1110. The Hall–Kier alpha value is -2.94. The fraction of sp³-hybridized carbons (Fsp3) is 0.440. The molecule has 1 unspecified atom stereocenters. The van der Waals surface area contributed by atoms with Gasteiger partial charge in [-0.3, -0.25) is 14.9 Å². The van der Waals surface area contributed by atoms with Gasteiger partial charge >= 0.3 is 0 Å². The predicted octanol–water partition coefficient (Wildman–Crippen LogP) is 2.87. The van der Waals surface area contributed by atoms with Crippen molar-refractivity contribution in [3.63, 3.8) is 0 Å². The molecule has 1 amide bonds. The second-order valence-electron chi connectivity index (χ2n) is 9.78. The molecule has 8 heteroatoms. The number of fused-ring (bicyclic) bond motifs is 1. The number of benzene rings is 1. The third-order valence-electron chi connectivity index (χ3n) is 6.29. The summed E-state index contributed by atoms with van der Waals surface area (Å²) in [5, 5.41) is 20.1. The number of hydrogen-bond donors (Lipinski definition) is 3. The van der Waals surface area contributed by atoms with Crippen LogP contribution in [0.5, 0.6) is 0 Å². The van der Waals surface area contributed by atoms with Gasteiger partial charge in [0, 0.05) is 55.4 Å². The molecule has 3 N–H and O–H groups in total. The molecule has 0 bridgehead atoms. The standard InChI is InChI=1S/C25H33N5O3/c1-17-13-29(14-18(2)30(17)16-25(3,4)32)22-11-21-9-10-28(23(21)26-12-22)15-19-5-7-20(8-6-19)24(31)27-33/h5-12,17-18,32-33H,13-16H2,1-4H3,(H,27,31)/t17-,18?/m1/s1. The highest BCUT2D eigenvalue weighted by molar-refractivity contribution is 5.93. The molecule has 3 heterocycles. The maximum atomic E-state index is 11.5. The lowest BCUT2D eigenvalue weighted by molar-refractivity contribution is 0.00247. The number of nitrogens with one attached hydrogen (secondary N) is 1. The molecule has 1 aliphatic rings. The summed E-state index contributed by atoms with van der Waals surface area (Å²) in [7, 11) is 0. The highest BCUT2D eigenvalue weighted by atomic mass is 16.5. The summed E-state index contributed by atoms with van der Waals surface area (Å²) in [4.78, 5) is 21.0. The number of carbonyl (C=O) groups excluding carboxylic acids is 1. The molecule has 1 aromatic carbocycles. The zero-order valence-electron chi connectivity index (χ0n) is 19.7. The quantitative estimate of drug-likeness (QED) is 0.394. The first-order valence-electron chi connectivity index (χ1n) is 11.4. The third-order valence-corrected chi connectivity index (χ3v) is 6.29. The second kappa shape index (κ2) is 9.13. The van der Waals surface area contributed by atoms with Crippen LogP contribution in [0.2, 0.25) is 0 Å². The van der Waals surface area contributed by atoms with Crippen LogP contribution >= 0.6 is 0 Å². The van der Waals surface area contributed by atoms with Crippen LogP contribution in [-0.2, 0) is 6.54 Å². The van der Waals surface area contributed by atoms with Gasteiger partial charge in [0.05, 0.1) is 17.5 Å². The molecule has 8 nitrogen and oxygen atoms in total. The predicted molar refractivity (Wildman–Crippen MR) is 129 cm³/mol. The zero-order chi connectivity index (χ0) is 23.8. The van der Waals surface area contributed by atoms with E-state index in [2.05, 4.69) is 40.3 Å². The molecule has 33 heavy (non-hydrogen) atoms. The molecule has 1 saturated heterocycles. The monoisotopic (exact) mass is 451 g/mol. The van der Waals surface area contributed by atoms with E-state index < -0.39 is 11.5 Å². The van der Waals surface area contributed by atoms with Crippen LogP contribution in [0.4, 0.5) is 5.69 Å². The van der Waals surface area contributed by atoms with Crippen molar-refractivity contribution in [2.45, 2.75) is 51.9 Å². The van der Waals surface area contributed by atoms with E-state index in [9.17, 15) is 9.90 Å². The Morgan fingerprint density at radius 1 is 1.15 bits per heavy atom. The molecule has 2 atom stereocenters. The SMILES string of the molecule is CC1CN(c2cnc3c(ccn3Cc3ccc(C(=O)NO)cc3)c2)C[C@@H](C)N1CC(C)(C)O. The van der Waals surface area contributed by atoms with Gasteiger partial charge in [-0.05, 0) is 57.5 Å². The number of carbonyl (C=O) groups is 1. The Morgan fingerprint density at radius 2 is 1.82 bits per heavy atom. The van der Waals surface area contributed by atoms with Gasteiger partial charge < -0.3 is 14.6 Å². The van der Waals surface area contributed by atoms with Crippen molar-refractivity contribution in [1.29, 1.82) is 0 Å². The van der Waals surface area contributed by atoms with Crippen molar-refractivity contribution >= 4 is 22.6 Å². The third kappa shape index (κ3) is 5.19. The average molecular weight is 452 g/mol. The van der Waals surface area contributed by atoms with Crippen LogP contribution in [0.15, 0.2) is 48.8 Å². The number of aliphatic hydroxyl groups is 1.